The van der Waals surface area contributed by atoms with E-state index in [1.54, 1.807) is 13.8 Å². The van der Waals surface area contributed by atoms with Crippen LogP contribution in [0.1, 0.15) is 44.4 Å². The SMILES string of the molecule is Cc1ccc2c(c1)C(O)(C(C)(C)C(=O)C(C)C)OOC2. The minimum absolute atomic E-state index is 0.0713. The van der Waals surface area contributed by atoms with E-state index in [0.29, 0.717) is 5.56 Å². The Bertz CT molecular complexity index is 533. The van der Waals surface area contributed by atoms with Crippen LogP contribution in [0.5, 0.6) is 0 Å². The molecule has 1 aliphatic heterocycles. The van der Waals surface area contributed by atoms with Crippen LogP contribution in [0.2, 0.25) is 0 Å². The smallest absolute Gasteiger partial charge is 0.237 e. The van der Waals surface area contributed by atoms with Crippen molar-refractivity contribution in [1.82, 2.24) is 0 Å². The molecule has 0 saturated heterocycles. The normalized spacial score (nSPS) is 22.8. The van der Waals surface area contributed by atoms with Crippen molar-refractivity contribution >= 4 is 5.78 Å². The fraction of sp³-hybridized carbons (Fsp3) is 0.562. The van der Waals surface area contributed by atoms with E-state index >= 15 is 0 Å². The van der Waals surface area contributed by atoms with Gasteiger partial charge in [0.25, 0.3) is 0 Å². The first-order chi connectivity index (χ1) is 9.20. The molecular formula is C16H22O4. The predicted octanol–water partition coefficient (Wildman–Crippen LogP) is 2.85. The highest BCUT2D eigenvalue weighted by atomic mass is 17.2. The number of aryl methyl sites for hydroxylation is 1. The van der Waals surface area contributed by atoms with Crippen LogP contribution >= 0.6 is 0 Å². The topological polar surface area (TPSA) is 55.8 Å². The van der Waals surface area contributed by atoms with Gasteiger partial charge in [-0.3, -0.25) is 4.79 Å². The summed E-state index contributed by atoms with van der Waals surface area (Å²) in [4.78, 5) is 22.8. The summed E-state index contributed by atoms with van der Waals surface area (Å²) >= 11 is 0. The highest BCUT2D eigenvalue weighted by molar-refractivity contribution is 5.87. The summed E-state index contributed by atoms with van der Waals surface area (Å²) in [6, 6.07) is 5.70. The highest BCUT2D eigenvalue weighted by Crippen LogP contribution is 2.46. The van der Waals surface area contributed by atoms with Crippen LogP contribution in [0.25, 0.3) is 0 Å². The molecule has 20 heavy (non-hydrogen) atoms. The average Bonchev–Trinajstić information content (AvgIpc) is 2.38. The van der Waals surface area contributed by atoms with Crippen molar-refractivity contribution < 1.29 is 19.7 Å². The average molecular weight is 278 g/mol. The second-order valence-electron chi connectivity index (χ2n) is 6.29. The van der Waals surface area contributed by atoms with Crippen LogP contribution in [-0.4, -0.2) is 10.9 Å². The molecule has 110 valence electrons. The molecule has 1 aromatic carbocycles. The molecule has 4 nitrogen and oxygen atoms in total. The molecule has 1 N–H and O–H groups in total. The highest BCUT2D eigenvalue weighted by Gasteiger charge is 2.55. The van der Waals surface area contributed by atoms with Crippen molar-refractivity contribution in [2.24, 2.45) is 11.3 Å². The Labute approximate surface area is 119 Å². The molecule has 0 bridgehead atoms. The zero-order chi connectivity index (χ0) is 15.1. The summed E-state index contributed by atoms with van der Waals surface area (Å²) in [6.07, 6.45) is 0. The summed E-state index contributed by atoms with van der Waals surface area (Å²) in [5, 5.41) is 11.0. The van der Waals surface area contributed by atoms with Gasteiger partial charge in [0.1, 0.15) is 12.4 Å². The lowest BCUT2D eigenvalue weighted by molar-refractivity contribution is -0.465. The first-order valence-electron chi connectivity index (χ1n) is 6.87. The molecule has 0 saturated carbocycles. The molecule has 1 aliphatic rings. The summed E-state index contributed by atoms with van der Waals surface area (Å²) in [5.41, 5.74) is 1.35. The maximum Gasteiger partial charge on any atom is 0.237 e. The number of hydrogen-bond acceptors (Lipinski definition) is 4. The van der Waals surface area contributed by atoms with Gasteiger partial charge < -0.3 is 5.11 Å². The fourth-order valence-electron chi connectivity index (χ4n) is 2.68. The van der Waals surface area contributed by atoms with Crippen molar-refractivity contribution in [2.45, 2.75) is 47.0 Å². The van der Waals surface area contributed by atoms with E-state index in [-0.39, 0.29) is 18.3 Å². The standard InChI is InChI=1S/C16H22O4/c1-10(2)14(17)15(4,5)16(18)13-8-11(3)6-7-12(13)9-19-20-16/h6-8,10,18H,9H2,1-5H3. The van der Waals surface area contributed by atoms with Gasteiger partial charge in [0.05, 0.1) is 5.41 Å². The molecular weight excluding hydrogens is 256 g/mol. The summed E-state index contributed by atoms with van der Waals surface area (Å²) in [5.74, 6) is -2.04. The summed E-state index contributed by atoms with van der Waals surface area (Å²) in [7, 11) is 0. The number of rotatable bonds is 3. The molecule has 4 heteroatoms. The zero-order valence-electron chi connectivity index (χ0n) is 12.7. The second-order valence-corrected chi connectivity index (χ2v) is 6.29. The van der Waals surface area contributed by atoms with Crippen LogP contribution in [0, 0.1) is 18.3 Å². The predicted molar refractivity (Wildman–Crippen MR) is 74.6 cm³/mol. The largest absolute Gasteiger partial charge is 0.359 e. The Kier molecular flexibility index (Phi) is 3.75. The maximum absolute atomic E-state index is 12.5. The molecule has 2 rings (SSSR count). The van der Waals surface area contributed by atoms with Gasteiger partial charge in [-0.15, -0.1) is 0 Å². The van der Waals surface area contributed by atoms with Crippen LogP contribution in [0.4, 0.5) is 0 Å². The Morgan fingerprint density at radius 2 is 2.05 bits per heavy atom. The van der Waals surface area contributed by atoms with E-state index < -0.39 is 11.2 Å². The number of Topliss-reactive ketones (excluding diaryl/α,β-unsaturated/α-hetero) is 1. The van der Waals surface area contributed by atoms with Gasteiger partial charge in [-0.2, -0.15) is 4.89 Å². The van der Waals surface area contributed by atoms with Gasteiger partial charge in [0.2, 0.25) is 5.79 Å². The number of ketones is 1. The van der Waals surface area contributed by atoms with E-state index in [2.05, 4.69) is 0 Å². The van der Waals surface area contributed by atoms with Crippen LogP contribution in [0.3, 0.4) is 0 Å². The minimum atomic E-state index is -1.77. The monoisotopic (exact) mass is 278 g/mol. The third-order valence-corrected chi connectivity index (χ3v) is 4.01. The van der Waals surface area contributed by atoms with Crippen molar-refractivity contribution in [3.05, 3.63) is 34.9 Å². The van der Waals surface area contributed by atoms with Crippen molar-refractivity contribution in [3.63, 3.8) is 0 Å². The summed E-state index contributed by atoms with van der Waals surface area (Å²) < 4.78 is 0. The van der Waals surface area contributed by atoms with Crippen molar-refractivity contribution in [1.29, 1.82) is 0 Å². The molecule has 1 aromatic rings. The number of carbonyl (C=O) groups excluding carboxylic acids is 1. The lowest BCUT2D eigenvalue weighted by Crippen LogP contribution is -2.52. The fourth-order valence-corrected chi connectivity index (χ4v) is 2.68. The number of aliphatic hydroxyl groups is 1. The van der Waals surface area contributed by atoms with Crippen LogP contribution < -0.4 is 0 Å². The van der Waals surface area contributed by atoms with E-state index in [4.69, 9.17) is 9.78 Å². The van der Waals surface area contributed by atoms with Gasteiger partial charge >= 0.3 is 0 Å². The molecule has 0 radical (unpaired) electrons. The summed E-state index contributed by atoms with van der Waals surface area (Å²) in [6.45, 7) is 9.21. The third-order valence-electron chi connectivity index (χ3n) is 4.01. The lowest BCUT2D eigenvalue weighted by atomic mass is 9.71. The molecule has 1 atom stereocenters. The minimum Gasteiger partial charge on any atom is -0.359 e. The van der Waals surface area contributed by atoms with E-state index in [1.165, 1.54) is 0 Å². The van der Waals surface area contributed by atoms with E-state index in [9.17, 15) is 9.90 Å². The zero-order valence-corrected chi connectivity index (χ0v) is 12.7. The van der Waals surface area contributed by atoms with Gasteiger partial charge in [0, 0.05) is 11.5 Å². The second kappa shape index (κ2) is 4.95. The van der Waals surface area contributed by atoms with Crippen molar-refractivity contribution in [3.8, 4) is 0 Å². The Hall–Kier alpha value is -1.23. The Balaban J connectivity index is 2.57. The van der Waals surface area contributed by atoms with Gasteiger partial charge in [-0.05, 0) is 26.3 Å². The molecule has 1 unspecified atom stereocenters. The first kappa shape index (κ1) is 15.2. The number of carbonyl (C=O) groups is 1. The van der Waals surface area contributed by atoms with Crippen LogP contribution in [0.15, 0.2) is 18.2 Å². The molecule has 0 amide bonds. The van der Waals surface area contributed by atoms with Crippen LogP contribution in [-0.2, 0) is 27.0 Å². The molecule has 1 heterocycles. The van der Waals surface area contributed by atoms with E-state index in [0.717, 1.165) is 11.1 Å². The van der Waals surface area contributed by atoms with Gasteiger partial charge in [-0.1, -0.05) is 37.6 Å². The van der Waals surface area contributed by atoms with E-state index in [1.807, 2.05) is 39.0 Å². The molecule has 0 aromatic heterocycles. The molecule has 0 fully saturated rings. The third kappa shape index (κ3) is 2.18. The number of hydrogen-bond donors (Lipinski definition) is 1. The Morgan fingerprint density at radius 3 is 2.65 bits per heavy atom. The Morgan fingerprint density at radius 1 is 1.40 bits per heavy atom. The lowest BCUT2D eigenvalue weighted by Gasteiger charge is -2.43. The number of fused-ring (bicyclic) bond motifs is 1. The maximum atomic E-state index is 12.5. The molecule has 0 aliphatic carbocycles. The number of benzene rings is 1. The first-order valence-corrected chi connectivity index (χ1v) is 6.87. The van der Waals surface area contributed by atoms with Gasteiger partial charge in [0.15, 0.2) is 0 Å². The quantitative estimate of drug-likeness (QED) is 0.864. The van der Waals surface area contributed by atoms with Gasteiger partial charge in [-0.25, -0.2) is 4.89 Å². The van der Waals surface area contributed by atoms with Crippen molar-refractivity contribution in [2.75, 3.05) is 0 Å². The molecule has 0 spiro atoms.